The van der Waals surface area contributed by atoms with Crippen LogP contribution in [0.2, 0.25) is 0 Å². The number of hydrogen-bond acceptors (Lipinski definition) is 4. The SMILES string of the molecule is CC(C)NC(=O)CNC(=O)C1(N)CCOCC1. The van der Waals surface area contributed by atoms with Gasteiger partial charge in [0.15, 0.2) is 0 Å². The number of amides is 2. The molecule has 0 aromatic carbocycles. The Hall–Kier alpha value is -1.14. The molecule has 6 nitrogen and oxygen atoms in total. The van der Waals surface area contributed by atoms with Crippen molar-refractivity contribution in [3.63, 3.8) is 0 Å². The summed E-state index contributed by atoms with van der Waals surface area (Å²) in [5.74, 6) is -0.483. The van der Waals surface area contributed by atoms with Crippen molar-refractivity contribution in [2.45, 2.75) is 38.3 Å². The predicted octanol–water partition coefficient (Wildman–Crippen LogP) is -0.865. The van der Waals surface area contributed by atoms with E-state index in [1.807, 2.05) is 13.8 Å². The Morgan fingerprint density at radius 3 is 2.47 bits per heavy atom. The van der Waals surface area contributed by atoms with Gasteiger partial charge < -0.3 is 21.1 Å². The standard InChI is InChI=1S/C11H21N3O3/c1-8(2)14-9(15)7-13-10(16)11(12)3-5-17-6-4-11/h8H,3-7,12H2,1-2H3,(H,13,16)(H,14,15). The van der Waals surface area contributed by atoms with Crippen LogP contribution < -0.4 is 16.4 Å². The van der Waals surface area contributed by atoms with Crippen LogP contribution in [0.4, 0.5) is 0 Å². The van der Waals surface area contributed by atoms with Gasteiger partial charge in [-0.05, 0) is 26.7 Å². The van der Waals surface area contributed by atoms with Crippen LogP contribution in [0.1, 0.15) is 26.7 Å². The number of carbonyl (C=O) groups is 2. The fourth-order valence-electron chi connectivity index (χ4n) is 1.67. The van der Waals surface area contributed by atoms with Gasteiger partial charge >= 0.3 is 0 Å². The Morgan fingerprint density at radius 1 is 1.35 bits per heavy atom. The molecule has 2 amide bonds. The first-order chi connectivity index (χ1) is 7.94. The summed E-state index contributed by atoms with van der Waals surface area (Å²) in [6.07, 6.45) is 0.981. The van der Waals surface area contributed by atoms with Crippen LogP contribution in [0.25, 0.3) is 0 Å². The van der Waals surface area contributed by atoms with E-state index >= 15 is 0 Å². The normalized spacial score (nSPS) is 18.8. The molecule has 1 aliphatic heterocycles. The molecular weight excluding hydrogens is 222 g/mol. The summed E-state index contributed by atoms with van der Waals surface area (Å²) in [5, 5.41) is 5.26. The minimum atomic E-state index is -0.892. The summed E-state index contributed by atoms with van der Waals surface area (Å²) >= 11 is 0. The first-order valence-electron chi connectivity index (χ1n) is 5.88. The Balaban J connectivity index is 2.35. The molecule has 0 spiro atoms. The molecule has 4 N–H and O–H groups in total. The third-order valence-electron chi connectivity index (χ3n) is 2.70. The van der Waals surface area contributed by atoms with Crippen LogP contribution in [0.5, 0.6) is 0 Å². The van der Waals surface area contributed by atoms with Gasteiger partial charge in [-0.15, -0.1) is 0 Å². The highest BCUT2D eigenvalue weighted by Crippen LogP contribution is 2.17. The molecule has 0 aromatic rings. The van der Waals surface area contributed by atoms with Gasteiger partial charge in [-0.2, -0.15) is 0 Å². The Labute approximate surface area is 101 Å². The number of nitrogens with one attached hydrogen (secondary N) is 2. The van der Waals surface area contributed by atoms with E-state index in [1.165, 1.54) is 0 Å². The molecule has 1 fully saturated rings. The van der Waals surface area contributed by atoms with Gasteiger partial charge in [-0.25, -0.2) is 0 Å². The maximum Gasteiger partial charge on any atom is 0.240 e. The van der Waals surface area contributed by atoms with Gasteiger partial charge in [0.25, 0.3) is 0 Å². The van der Waals surface area contributed by atoms with Crippen LogP contribution in [0.3, 0.4) is 0 Å². The molecule has 6 heteroatoms. The fourth-order valence-corrected chi connectivity index (χ4v) is 1.67. The summed E-state index contributed by atoms with van der Waals surface area (Å²) < 4.78 is 5.15. The fraction of sp³-hybridized carbons (Fsp3) is 0.818. The quantitative estimate of drug-likeness (QED) is 0.598. The largest absolute Gasteiger partial charge is 0.381 e. The van der Waals surface area contributed by atoms with Crippen LogP contribution in [-0.4, -0.2) is 43.2 Å². The van der Waals surface area contributed by atoms with Gasteiger partial charge in [-0.1, -0.05) is 0 Å². The van der Waals surface area contributed by atoms with E-state index in [0.717, 1.165) is 0 Å². The van der Waals surface area contributed by atoms with Gasteiger partial charge in [-0.3, -0.25) is 9.59 Å². The lowest BCUT2D eigenvalue weighted by molar-refractivity contribution is -0.132. The minimum Gasteiger partial charge on any atom is -0.381 e. The van der Waals surface area contributed by atoms with E-state index in [2.05, 4.69) is 10.6 Å². The summed E-state index contributed by atoms with van der Waals surface area (Å²) in [4.78, 5) is 23.2. The average Bonchev–Trinajstić information content (AvgIpc) is 2.26. The van der Waals surface area contributed by atoms with Crippen molar-refractivity contribution in [1.82, 2.24) is 10.6 Å². The molecular formula is C11H21N3O3. The van der Waals surface area contributed by atoms with Gasteiger partial charge in [0, 0.05) is 19.3 Å². The monoisotopic (exact) mass is 243 g/mol. The molecule has 0 bridgehead atoms. The molecule has 1 rings (SSSR count). The van der Waals surface area contributed by atoms with E-state index < -0.39 is 5.54 Å². The number of carbonyl (C=O) groups excluding carboxylic acids is 2. The molecule has 0 unspecified atom stereocenters. The maximum atomic E-state index is 11.8. The second-order valence-corrected chi connectivity index (χ2v) is 4.67. The molecule has 17 heavy (non-hydrogen) atoms. The molecule has 0 saturated carbocycles. The highest BCUT2D eigenvalue weighted by atomic mass is 16.5. The number of nitrogens with two attached hydrogens (primary N) is 1. The second kappa shape index (κ2) is 5.97. The lowest BCUT2D eigenvalue weighted by atomic mass is 9.90. The molecule has 0 atom stereocenters. The molecule has 1 heterocycles. The van der Waals surface area contributed by atoms with Crippen LogP contribution in [0.15, 0.2) is 0 Å². The lowest BCUT2D eigenvalue weighted by Crippen LogP contribution is -2.58. The highest BCUT2D eigenvalue weighted by Gasteiger charge is 2.35. The molecule has 1 saturated heterocycles. The van der Waals surface area contributed by atoms with Gasteiger partial charge in [0.2, 0.25) is 11.8 Å². The smallest absolute Gasteiger partial charge is 0.240 e. The Kier molecular flexibility index (Phi) is 4.89. The molecule has 98 valence electrons. The van der Waals surface area contributed by atoms with Crippen LogP contribution >= 0.6 is 0 Å². The number of hydrogen-bond donors (Lipinski definition) is 3. The summed E-state index contributed by atoms with van der Waals surface area (Å²) in [5.41, 5.74) is 5.07. The summed E-state index contributed by atoms with van der Waals surface area (Å²) in [6, 6.07) is 0.0642. The third kappa shape index (κ3) is 4.32. The molecule has 0 aliphatic carbocycles. The van der Waals surface area contributed by atoms with E-state index in [9.17, 15) is 9.59 Å². The van der Waals surface area contributed by atoms with Gasteiger partial charge in [0.05, 0.1) is 12.1 Å². The zero-order valence-corrected chi connectivity index (χ0v) is 10.4. The van der Waals surface area contributed by atoms with Crippen molar-refractivity contribution in [2.75, 3.05) is 19.8 Å². The third-order valence-corrected chi connectivity index (χ3v) is 2.70. The molecule has 0 radical (unpaired) electrons. The Morgan fingerprint density at radius 2 is 1.94 bits per heavy atom. The van der Waals surface area contributed by atoms with E-state index in [4.69, 9.17) is 10.5 Å². The Bertz CT molecular complexity index is 286. The first kappa shape index (κ1) is 13.9. The summed E-state index contributed by atoms with van der Waals surface area (Å²) in [7, 11) is 0. The van der Waals surface area contributed by atoms with Crippen molar-refractivity contribution < 1.29 is 14.3 Å². The van der Waals surface area contributed by atoms with Crippen LogP contribution in [-0.2, 0) is 14.3 Å². The minimum absolute atomic E-state index is 0.0309. The molecule has 0 aromatic heterocycles. The van der Waals surface area contributed by atoms with Gasteiger partial charge in [0.1, 0.15) is 0 Å². The van der Waals surface area contributed by atoms with Crippen molar-refractivity contribution in [3.05, 3.63) is 0 Å². The topological polar surface area (TPSA) is 93.5 Å². The lowest BCUT2D eigenvalue weighted by Gasteiger charge is -2.31. The first-order valence-corrected chi connectivity index (χ1v) is 5.88. The average molecular weight is 243 g/mol. The van der Waals surface area contributed by atoms with E-state index in [-0.39, 0.29) is 24.4 Å². The van der Waals surface area contributed by atoms with Crippen molar-refractivity contribution in [3.8, 4) is 0 Å². The van der Waals surface area contributed by atoms with Crippen molar-refractivity contribution >= 4 is 11.8 Å². The molecule has 1 aliphatic rings. The number of ether oxygens (including phenoxy) is 1. The predicted molar refractivity (Wildman–Crippen MR) is 63.3 cm³/mol. The van der Waals surface area contributed by atoms with Crippen LogP contribution in [0, 0.1) is 0 Å². The van der Waals surface area contributed by atoms with E-state index in [0.29, 0.717) is 26.1 Å². The zero-order valence-electron chi connectivity index (χ0n) is 10.4. The summed E-state index contributed by atoms with van der Waals surface area (Å²) in [6.45, 7) is 4.67. The van der Waals surface area contributed by atoms with Crippen molar-refractivity contribution in [1.29, 1.82) is 0 Å². The zero-order chi connectivity index (χ0) is 12.9. The number of rotatable bonds is 4. The van der Waals surface area contributed by atoms with Crippen molar-refractivity contribution in [2.24, 2.45) is 5.73 Å². The highest BCUT2D eigenvalue weighted by molar-refractivity contribution is 5.90. The maximum absolute atomic E-state index is 11.8. The van der Waals surface area contributed by atoms with E-state index in [1.54, 1.807) is 0 Å². The second-order valence-electron chi connectivity index (χ2n) is 4.67.